The topological polar surface area (TPSA) is 59.0 Å². The van der Waals surface area contributed by atoms with Crippen LogP contribution < -0.4 is 10.6 Å². The Labute approximate surface area is 106 Å². The molecule has 1 aromatic carbocycles. The van der Waals surface area contributed by atoms with Gasteiger partial charge in [0.1, 0.15) is 5.82 Å². The number of aromatic nitrogens is 2. The average molecular weight is 244 g/mol. The van der Waals surface area contributed by atoms with Crippen molar-refractivity contribution in [1.82, 2.24) is 9.78 Å². The van der Waals surface area contributed by atoms with Crippen LogP contribution in [-0.4, -0.2) is 15.8 Å². The van der Waals surface area contributed by atoms with Crippen LogP contribution in [0.2, 0.25) is 0 Å². The highest BCUT2D eigenvalue weighted by Gasteiger charge is 2.08. The summed E-state index contributed by atoms with van der Waals surface area (Å²) in [6, 6.07) is 7.37. The summed E-state index contributed by atoms with van der Waals surface area (Å²) in [5, 5.41) is 9.58. The van der Waals surface area contributed by atoms with Crippen molar-refractivity contribution in [2.24, 2.45) is 7.05 Å². The summed E-state index contributed by atoms with van der Waals surface area (Å²) in [6.07, 6.45) is 1.63. The van der Waals surface area contributed by atoms with Crippen LogP contribution in [0, 0.1) is 13.8 Å². The van der Waals surface area contributed by atoms with Crippen molar-refractivity contribution in [2.45, 2.75) is 13.8 Å². The molecule has 2 N–H and O–H groups in total. The zero-order chi connectivity index (χ0) is 13.1. The normalized spacial score (nSPS) is 10.2. The third kappa shape index (κ3) is 2.51. The number of para-hydroxylation sites is 1. The number of benzene rings is 1. The quantitative estimate of drug-likeness (QED) is 0.853. The Balaban J connectivity index is 2.10. The van der Waals surface area contributed by atoms with Crippen molar-refractivity contribution >= 4 is 17.5 Å². The van der Waals surface area contributed by atoms with Gasteiger partial charge in [0, 0.05) is 18.8 Å². The van der Waals surface area contributed by atoms with Gasteiger partial charge in [-0.25, -0.2) is 4.79 Å². The number of nitrogens with zero attached hydrogens (tertiary/aromatic N) is 2. The van der Waals surface area contributed by atoms with Gasteiger partial charge in [-0.15, -0.1) is 0 Å². The molecular formula is C13H16N4O. The Hall–Kier alpha value is -2.30. The summed E-state index contributed by atoms with van der Waals surface area (Å²) < 4.78 is 1.60. The lowest BCUT2D eigenvalue weighted by atomic mass is 10.1. The van der Waals surface area contributed by atoms with E-state index in [1.165, 1.54) is 0 Å². The van der Waals surface area contributed by atoms with Crippen molar-refractivity contribution in [3.8, 4) is 0 Å². The van der Waals surface area contributed by atoms with Crippen molar-refractivity contribution in [2.75, 3.05) is 10.6 Å². The van der Waals surface area contributed by atoms with Gasteiger partial charge in [0.25, 0.3) is 0 Å². The van der Waals surface area contributed by atoms with E-state index in [-0.39, 0.29) is 6.03 Å². The first-order chi connectivity index (χ1) is 8.58. The van der Waals surface area contributed by atoms with Crippen LogP contribution in [0.15, 0.2) is 30.5 Å². The number of hydrogen-bond acceptors (Lipinski definition) is 2. The molecule has 2 aromatic rings. The lowest BCUT2D eigenvalue weighted by molar-refractivity contribution is 0.262. The molecule has 0 atom stereocenters. The second-order valence-electron chi connectivity index (χ2n) is 4.19. The Morgan fingerprint density at radius 1 is 1.17 bits per heavy atom. The third-order valence-corrected chi connectivity index (χ3v) is 2.78. The first-order valence-corrected chi connectivity index (χ1v) is 5.70. The van der Waals surface area contributed by atoms with Crippen LogP contribution in [0.25, 0.3) is 0 Å². The molecule has 0 aliphatic rings. The van der Waals surface area contributed by atoms with Gasteiger partial charge >= 0.3 is 6.03 Å². The van der Waals surface area contributed by atoms with Crippen LogP contribution in [-0.2, 0) is 7.05 Å². The van der Waals surface area contributed by atoms with Gasteiger partial charge in [-0.05, 0) is 25.0 Å². The number of nitrogens with one attached hydrogen (secondary N) is 2. The molecule has 1 aromatic heterocycles. The maximum atomic E-state index is 11.9. The number of rotatable bonds is 2. The smallest absolute Gasteiger partial charge is 0.307 e. The largest absolute Gasteiger partial charge is 0.324 e. The van der Waals surface area contributed by atoms with E-state index in [9.17, 15) is 4.79 Å². The van der Waals surface area contributed by atoms with Gasteiger partial charge < -0.3 is 5.32 Å². The van der Waals surface area contributed by atoms with E-state index >= 15 is 0 Å². The summed E-state index contributed by atoms with van der Waals surface area (Å²) in [6.45, 7) is 3.93. The Kier molecular flexibility index (Phi) is 3.32. The number of aryl methyl sites for hydroxylation is 3. The monoisotopic (exact) mass is 244 g/mol. The minimum atomic E-state index is -0.268. The number of anilines is 2. The molecule has 0 bridgehead atoms. The summed E-state index contributed by atoms with van der Waals surface area (Å²) in [5.74, 6) is 0.652. The predicted octanol–water partition coefficient (Wildman–Crippen LogP) is 2.68. The van der Waals surface area contributed by atoms with Crippen LogP contribution >= 0.6 is 0 Å². The molecule has 0 aliphatic heterocycles. The first-order valence-electron chi connectivity index (χ1n) is 5.70. The lowest BCUT2D eigenvalue weighted by Crippen LogP contribution is -2.22. The minimum Gasteiger partial charge on any atom is -0.307 e. The SMILES string of the molecule is Cc1cccc(C)c1NC(=O)Nc1ccnn1C. The molecule has 0 fully saturated rings. The van der Waals surface area contributed by atoms with Gasteiger partial charge in [-0.1, -0.05) is 18.2 Å². The van der Waals surface area contributed by atoms with Gasteiger partial charge in [-0.3, -0.25) is 10.00 Å². The van der Waals surface area contributed by atoms with Crippen LogP contribution in [0.3, 0.4) is 0 Å². The first kappa shape index (κ1) is 12.2. The third-order valence-electron chi connectivity index (χ3n) is 2.78. The zero-order valence-electron chi connectivity index (χ0n) is 10.7. The van der Waals surface area contributed by atoms with Crippen molar-refractivity contribution in [3.05, 3.63) is 41.6 Å². The summed E-state index contributed by atoms with van der Waals surface area (Å²) >= 11 is 0. The van der Waals surface area contributed by atoms with E-state index in [1.807, 2.05) is 32.0 Å². The Morgan fingerprint density at radius 3 is 2.39 bits per heavy atom. The molecule has 94 valence electrons. The highest BCUT2D eigenvalue weighted by Crippen LogP contribution is 2.19. The maximum absolute atomic E-state index is 11.9. The molecule has 5 nitrogen and oxygen atoms in total. The second kappa shape index (κ2) is 4.91. The van der Waals surface area contributed by atoms with E-state index in [0.717, 1.165) is 16.8 Å². The zero-order valence-corrected chi connectivity index (χ0v) is 10.7. The molecule has 0 spiro atoms. The number of amides is 2. The highest BCUT2D eigenvalue weighted by molar-refractivity contribution is 6.00. The fourth-order valence-electron chi connectivity index (χ4n) is 1.77. The van der Waals surface area contributed by atoms with E-state index in [2.05, 4.69) is 15.7 Å². The lowest BCUT2D eigenvalue weighted by Gasteiger charge is -2.12. The van der Waals surface area contributed by atoms with Gasteiger partial charge in [0.15, 0.2) is 0 Å². The molecule has 0 unspecified atom stereocenters. The maximum Gasteiger partial charge on any atom is 0.324 e. The standard InChI is InChI=1S/C13H16N4O/c1-9-5-4-6-10(2)12(9)16-13(18)15-11-7-8-14-17(11)3/h4-8H,1-3H3,(H2,15,16,18). The minimum absolute atomic E-state index is 0.268. The summed E-state index contributed by atoms with van der Waals surface area (Å²) in [7, 11) is 1.77. The number of carbonyl (C=O) groups excluding carboxylic acids is 1. The Morgan fingerprint density at radius 2 is 1.83 bits per heavy atom. The summed E-state index contributed by atoms with van der Waals surface area (Å²) in [4.78, 5) is 11.9. The fourth-order valence-corrected chi connectivity index (χ4v) is 1.77. The molecule has 2 amide bonds. The molecule has 18 heavy (non-hydrogen) atoms. The van der Waals surface area contributed by atoms with Gasteiger partial charge in [0.2, 0.25) is 0 Å². The van der Waals surface area contributed by atoms with E-state index < -0.39 is 0 Å². The molecule has 0 saturated heterocycles. The van der Waals surface area contributed by atoms with Gasteiger partial charge in [-0.2, -0.15) is 5.10 Å². The van der Waals surface area contributed by atoms with Crippen molar-refractivity contribution in [3.63, 3.8) is 0 Å². The predicted molar refractivity (Wildman–Crippen MR) is 71.8 cm³/mol. The van der Waals surface area contributed by atoms with Crippen LogP contribution in [0.1, 0.15) is 11.1 Å². The van der Waals surface area contributed by atoms with E-state index in [0.29, 0.717) is 5.82 Å². The van der Waals surface area contributed by atoms with Crippen molar-refractivity contribution in [1.29, 1.82) is 0 Å². The number of hydrogen-bond donors (Lipinski definition) is 2. The van der Waals surface area contributed by atoms with Crippen LogP contribution in [0.5, 0.6) is 0 Å². The number of carbonyl (C=O) groups is 1. The molecule has 0 radical (unpaired) electrons. The van der Waals surface area contributed by atoms with Crippen molar-refractivity contribution < 1.29 is 4.79 Å². The molecular weight excluding hydrogens is 228 g/mol. The molecule has 0 aliphatic carbocycles. The summed E-state index contributed by atoms with van der Waals surface area (Å²) in [5.41, 5.74) is 2.92. The van der Waals surface area contributed by atoms with E-state index in [4.69, 9.17) is 0 Å². The average Bonchev–Trinajstić information content (AvgIpc) is 2.70. The molecule has 0 saturated carbocycles. The molecule has 2 rings (SSSR count). The highest BCUT2D eigenvalue weighted by atomic mass is 16.2. The molecule has 5 heteroatoms. The Bertz CT molecular complexity index is 554. The van der Waals surface area contributed by atoms with E-state index in [1.54, 1.807) is 24.0 Å². The fraction of sp³-hybridized carbons (Fsp3) is 0.231. The second-order valence-corrected chi connectivity index (χ2v) is 4.19. The van der Waals surface area contributed by atoms with Crippen LogP contribution in [0.4, 0.5) is 16.3 Å². The van der Waals surface area contributed by atoms with Gasteiger partial charge in [0.05, 0.1) is 6.20 Å². The number of urea groups is 1. The molecule has 1 heterocycles.